The average molecular weight is 424 g/mol. The molecule has 0 aliphatic rings. The maximum Gasteiger partial charge on any atom is 0.329 e. The van der Waals surface area contributed by atoms with Gasteiger partial charge in [0, 0.05) is 11.3 Å². The number of anilines is 1. The lowest BCUT2D eigenvalue weighted by Crippen LogP contribution is -2.47. The summed E-state index contributed by atoms with van der Waals surface area (Å²) < 4.78 is 5.30. The molecule has 164 valence electrons. The van der Waals surface area contributed by atoms with Crippen LogP contribution in [0.25, 0.3) is 0 Å². The first-order valence-corrected chi connectivity index (χ1v) is 10.1. The lowest BCUT2D eigenvalue weighted by atomic mass is 10.0. The smallest absolute Gasteiger partial charge is 0.329 e. The number of carbonyl (C=O) groups is 4. The molecule has 0 aliphatic heterocycles. The Bertz CT molecular complexity index is 923. The fraction of sp³-hybridized carbons (Fsp3) is 0.333. The van der Waals surface area contributed by atoms with Gasteiger partial charge in [0.1, 0.15) is 6.04 Å². The quantitative estimate of drug-likeness (QED) is 0.476. The van der Waals surface area contributed by atoms with Crippen LogP contribution < -0.4 is 10.6 Å². The number of benzene rings is 2. The lowest BCUT2D eigenvalue weighted by Gasteiger charge is -2.23. The summed E-state index contributed by atoms with van der Waals surface area (Å²) in [5.74, 6) is -1.78. The number of hydrogen-bond donors (Lipinski definition) is 2. The van der Waals surface area contributed by atoms with Crippen molar-refractivity contribution in [2.24, 2.45) is 5.92 Å². The van der Waals surface area contributed by atoms with Gasteiger partial charge in [-0.1, -0.05) is 44.2 Å². The highest BCUT2D eigenvalue weighted by Crippen LogP contribution is 2.12. The van der Waals surface area contributed by atoms with E-state index in [-0.39, 0.29) is 24.0 Å². The van der Waals surface area contributed by atoms with Gasteiger partial charge in [-0.15, -0.1) is 0 Å². The summed E-state index contributed by atoms with van der Waals surface area (Å²) in [6.07, 6.45) is -0.920. The highest BCUT2D eigenvalue weighted by molar-refractivity contribution is 5.97. The van der Waals surface area contributed by atoms with Crippen LogP contribution in [0.1, 0.15) is 43.6 Å². The molecule has 0 bridgehead atoms. The van der Waals surface area contributed by atoms with Crippen molar-refractivity contribution in [3.63, 3.8) is 0 Å². The minimum atomic E-state index is -1.06. The molecule has 7 nitrogen and oxygen atoms in total. The van der Waals surface area contributed by atoms with Gasteiger partial charge in [0.25, 0.3) is 5.91 Å². The van der Waals surface area contributed by atoms with E-state index in [1.54, 1.807) is 38.1 Å². The molecule has 31 heavy (non-hydrogen) atoms. The van der Waals surface area contributed by atoms with Crippen molar-refractivity contribution >= 4 is 29.3 Å². The number of esters is 1. The van der Waals surface area contributed by atoms with Crippen LogP contribution in [-0.4, -0.2) is 35.7 Å². The molecule has 0 spiro atoms. The Kier molecular flexibility index (Phi) is 8.49. The lowest BCUT2D eigenvalue weighted by molar-refractivity contribution is -0.157. The molecule has 0 aliphatic carbocycles. The van der Waals surface area contributed by atoms with Gasteiger partial charge in [0.05, 0.1) is 6.42 Å². The highest BCUT2D eigenvalue weighted by Gasteiger charge is 2.29. The summed E-state index contributed by atoms with van der Waals surface area (Å²) >= 11 is 0. The maximum atomic E-state index is 12.6. The summed E-state index contributed by atoms with van der Waals surface area (Å²) in [7, 11) is 0. The largest absolute Gasteiger partial charge is 0.451 e. The average Bonchev–Trinajstić information content (AvgIpc) is 2.72. The van der Waals surface area contributed by atoms with E-state index in [1.807, 2.05) is 30.3 Å². The molecule has 0 unspecified atom stereocenters. The predicted molar refractivity (Wildman–Crippen MR) is 118 cm³/mol. The molecule has 2 atom stereocenters. The normalized spacial score (nSPS) is 12.5. The molecule has 2 rings (SSSR count). The fourth-order valence-electron chi connectivity index (χ4n) is 2.84. The fourth-order valence-corrected chi connectivity index (χ4v) is 2.84. The van der Waals surface area contributed by atoms with E-state index in [9.17, 15) is 19.2 Å². The molecule has 2 amide bonds. The molecule has 0 radical (unpaired) electrons. The Morgan fingerprint density at radius 2 is 1.52 bits per heavy atom. The number of ketones is 1. The minimum absolute atomic E-state index is 0.0748. The van der Waals surface area contributed by atoms with Gasteiger partial charge in [-0.25, -0.2) is 4.79 Å². The number of ether oxygens (including phenoxy) is 1. The van der Waals surface area contributed by atoms with Crippen LogP contribution in [0.3, 0.4) is 0 Å². The van der Waals surface area contributed by atoms with Crippen LogP contribution in [0, 0.1) is 5.92 Å². The molecule has 0 saturated carbocycles. The Balaban J connectivity index is 1.93. The van der Waals surface area contributed by atoms with Crippen molar-refractivity contribution in [1.82, 2.24) is 5.32 Å². The Hall–Kier alpha value is -3.48. The third-order valence-corrected chi connectivity index (χ3v) is 4.67. The van der Waals surface area contributed by atoms with E-state index in [4.69, 9.17) is 4.74 Å². The molecule has 2 N–H and O–H groups in total. The van der Waals surface area contributed by atoms with Crippen LogP contribution in [0.4, 0.5) is 5.69 Å². The molecule has 0 aromatic heterocycles. The van der Waals surface area contributed by atoms with Crippen LogP contribution in [0.5, 0.6) is 0 Å². The van der Waals surface area contributed by atoms with Gasteiger partial charge >= 0.3 is 5.97 Å². The standard InChI is InChI=1S/C24H28N2O5/c1-15(2)22(26-21(28)14-18-8-6-5-7-9-18)24(30)31-17(4)23(29)25-20-12-10-19(11-13-20)16(3)27/h5-13,15,17,22H,14H2,1-4H3,(H,25,29)(H,26,28)/t17-,22-/m0/s1. The summed E-state index contributed by atoms with van der Waals surface area (Å²) in [5, 5.41) is 5.34. The molecule has 0 saturated heterocycles. The van der Waals surface area contributed by atoms with E-state index in [0.29, 0.717) is 11.3 Å². The van der Waals surface area contributed by atoms with Crippen molar-refractivity contribution in [2.45, 2.75) is 46.3 Å². The summed E-state index contributed by atoms with van der Waals surface area (Å²) in [6.45, 7) is 6.49. The summed E-state index contributed by atoms with van der Waals surface area (Å²) in [4.78, 5) is 48.7. The molecular weight excluding hydrogens is 396 g/mol. The van der Waals surface area contributed by atoms with Gasteiger partial charge in [0.2, 0.25) is 5.91 Å². The first-order valence-electron chi connectivity index (χ1n) is 10.1. The van der Waals surface area contributed by atoms with E-state index >= 15 is 0 Å². The van der Waals surface area contributed by atoms with Crippen molar-refractivity contribution in [3.8, 4) is 0 Å². The van der Waals surface area contributed by atoms with E-state index in [1.165, 1.54) is 13.8 Å². The topological polar surface area (TPSA) is 102 Å². The van der Waals surface area contributed by atoms with Gasteiger partial charge < -0.3 is 15.4 Å². The van der Waals surface area contributed by atoms with Crippen molar-refractivity contribution in [1.29, 1.82) is 0 Å². The van der Waals surface area contributed by atoms with Crippen molar-refractivity contribution < 1.29 is 23.9 Å². The molecule has 0 heterocycles. The Labute approximate surface area is 182 Å². The van der Waals surface area contributed by atoms with Crippen molar-refractivity contribution in [2.75, 3.05) is 5.32 Å². The minimum Gasteiger partial charge on any atom is -0.451 e. The van der Waals surface area contributed by atoms with Crippen LogP contribution in [0.15, 0.2) is 54.6 Å². The number of rotatable bonds is 9. The second-order valence-electron chi connectivity index (χ2n) is 7.65. The van der Waals surface area contributed by atoms with Crippen LogP contribution in [0.2, 0.25) is 0 Å². The summed E-state index contributed by atoms with van der Waals surface area (Å²) in [5.41, 5.74) is 1.84. The second kappa shape index (κ2) is 11.1. The van der Waals surface area contributed by atoms with E-state index in [0.717, 1.165) is 5.56 Å². The Morgan fingerprint density at radius 3 is 2.06 bits per heavy atom. The number of nitrogens with one attached hydrogen (secondary N) is 2. The van der Waals surface area contributed by atoms with E-state index < -0.39 is 24.0 Å². The first-order chi connectivity index (χ1) is 14.7. The third-order valence-electron chi connectivity index (χ3n) is 4.67. The third kappa shape index (κ3) is 7.37. The van der Waals surface area contributed by atoms with Gasteiger partial charge in [-0.3, -0.25) is 14.4 Å². The zero-order chi connectivity index (χ0) is 23.0. The highest BCUT2D eigenvalue weighted by atomic mass is 16.5. The molecule has 7 heteroatoms. The van der Waals surface area contributed by atoms with Crippen molar-refractivity contribution in [3.05, 3.63) is 65.7 Å². The maximum absolute atomic E-state index is 12.6. The van der Waals surface area contributed by atoms with E-state index in [2.05, 4.69) is 10.6 Å². The van der Waals surface area contributed by atoms with Crippen LogP contribution in [-0.2, 0) is 25.5 Å². The SMILES string of the molecule is CC(=O)c1ccc(NC(=O)[C@H](C)OC(=O)[C@@H](NC(=O)Cc2ccccc2)C(C)C)cc1. The number of amides is 2. The zero-order valence-electron chi connectivity index (χ0n) is 18.2. The molecule has 0 fully saturated rings. The predicted octanol–water partition coefficient (Wildman–Crippen LogP) is 3.14. The second-order valence-corrected chi connectivity index (χ2v) is 7.65. The van der Waals surface area contributed by atoms with Gasteiger partial charge in [-0.05, 0) is 49.6 Å². The number of carbonyl (C=O) groups excluding carboxylic acids is 4. The first kappa shape index (κ1) is 23.8. The molecular formula is C24H28N2O5. The summed E-state index contributed by atoms with van der Waals surface area (Å²) in [6, 6.07) is 14.7. The number of hydrogen-bond acceptors (Lipinski definition) is 5. The zero-order valence-corrected chi connectivity index (χ0v) is 18.2. The molecule has 2 aromatic rings. The molecule has 2 aromatic carbocycles. The monoisotopic (exact) mass is 424 g/mol. The number of Topliss-reactive ketones (excluding diaryl/α,β-unsaturated/α-hetero) is 1. The van der Waals surface area contributed by atoms with Gasteiger partial charge in [-0.2, -0.15) is 0 Å². The van der Waals surface area contributed by atoms with Crippen LogP contribution >= 0.6 is 0 Å². The Morgan fingerprint density at radius 1 is 0.903 bits per heavy atom. The van der Waals surface area contributed by atoms with Gasteiger partial charge in [0.15, 0.2) is 11.9 Å².